The fourth-order valence-electron chi connectivity index (χ4n) is 2.89. The minimum absolute atomic E-state index is 0. The van der Waals surface area contributed by atoms with E-state index in [2.05, 4.69) is 22.2 Å². The second-order valence-electron chi connectivity index (χ2n) is 5.97. The van der Waals surface area contributed by atoms with Gasteiger partial charge in [-0.3, -0.25) is 9.59 Å². The van der Waals surface area contributed by atoms with Crippen LogP contribution in [0.3, 0.4) is 0 Å². The molecule has 25 heavy (non-hydrogen) atoms. The summed E-state index contributed by atoms with van der Waals surface area (Å²) >= 11 is 1.62. The minimum Gasteiger partial charge on any atom is -0.337 e. The van der Waals surface area contributed by atoms with Gasteiger partial charge in [-0.25, -0.2) is 4.98 Å². The van der Waals surface area contributed by atoms with Gasteiger partial charge in [-0.05, 0) is 19.1 Å². The summed E-state index contributed by atoms with van der Waals surface area (Å²) in [5.41, 5.74) is 0.601. The van der Waals surface area contributed by atoms with Crippen molar-refractivity contribution in [1.29, 1.82) is 0 Å². The Labute approximate surface area is 157 Å². The topological polar surface area (TPSA) is 78.1 Å². The zero-order valence-electron chi connectivity index (χ0n) is 14.2. The second-order valence-corrected chi connectivity index (χ2v) is 7.08. The van der Waals surface area contributed by atoms with Gasteiger partial charge in [0.2, 0.25) is 5.91 Å². The first-order chi connectivity index (χ1) is 11.6. The molecule has 1 fully saturated rings. The molecule has 2 heterocycles. The molecule has 6 nitrogen and oxygen atoms in total. The van der Waals surface area contributed by atoms with E-state index in [1.165, 1.54) is 0 Å². The van der Waals surface area contributed by atoms with Gasteiger partial charge in [0, 0.05) is 37.8 Å². The maximum atomic E-state index is 12.3. The molecule has 1 saturated heterocycles. The molecule has 1 aromatic carbocycles. The summed E-state index contributed by atoms with van der Waals surface area (Å²) in [6, 6.07) is 7.57. The van der Waals surface area contributed by atoms with Crippen molar-refractivity contribution < 1.29 is 4.79 Å². The molecule has 1 aliphatic rings. The van der Waals surface area contributed by atoms with Crippen LogP contribution in [0.4, 0.5) is 0 Å². The maximum Gasteiger partial charge on any atom is 0.258 e. The van der Waals surface area contributed by atoms with Crippen molar-refractivity contribution >= 4 is 41.0 Å². The highest BCUT2D eigenvalue weighted by molar-refractivity contribution is 7.98. The minimum atomic E-state index is -0.109. The molecule has 2 N–H and O–H groups in total. The van der Waals surface area contributed by atoms with E-state index in [1.807, 2.05) is 23.1 Å². The van der Waals surface area contributed by atoms with Crippen LogP contribution in [0.2, 0.25) is 0 Å². The van der Waals surface area contributed by atoms with E-state index in [0.717, 1.165) is 25.4 Å². The van der Waals surface area contributed by atoms with Crippen molar-refractivity contribution in [2.45, 2.75) is 25.1 Å². The van der Waals surface area contributed by atoms with Gasteiger partial charge in [-0.2, -0.15) is 11.8 Å². The number of piperazine rings is 1. The van der Waals surface area contributed by atoms with Gasteiger partial charge >= 0.3 is 0 Å². The Hall–Kier alpha value is -1.57. The number of H-pyrrole nitrogens is 1. The molecule has 3 rings (SSSR count). The molecular weight excluding hydrogens is 360 g/mol. The first-order valence-corrected chi connectivity index (χ1v) is 9.36. The van der Waals surface area contributed by atoms with Crippen molar-refractivity contribution in [3.63, 3.8) is 0 Å². The van der Waals surface area contributed by atoms with E-state index in [-0.39, 0.29) is 29.9 Å². The van der Waals surface area contributed by atoms with Crippen LogP contribution in [0.15, 0.2) is 29.1 Å². The number of thioether (sulfide) groups is 1. The second kappa shape index (κ2) is 9.22. The number of halogens is 1. The molecule has 1 amide bonds. The average molecular weight is 383 g/mol. The molecule has 0 radical (unpaired) electrons. The molecule has 136 valence electrons. The number of para-hydroxylation sites is 1. The molecular formula is C17H23ClN4O2S. The number of aromatic nitrogens is 2. The Morgan fingerprint density at radius 3 is 3.00 bits per heavy atom. The Balaban J connectivity index is 0.00000225. The smallest absolute Gasteiger partial charge is 0.258 e. The van der Waals surface area contributed by atoms with E-state index < -0.39 is 0 Å². The normalized spacial score (nSPS) is 17.3. The molecule has 1 aromatic heterocycles. The quantitative estimate of drug-likeness (QED) is 0.771. The zero-order valence-corrected chi connectivity index (χ0v) is 15.8. The first-order valence-electron chi connectivity index (χ1n) is 8.21. The van der Waals surface area contributed by atoms with E-state index in [1.54, 1.807) is 17.8 Å². The van der Waals surface area contributed by atoms with Gasteiger partial charge in [0.25, 0.3) is 5.56 Å². The van der Waals surface area contributed by atoms with Gasteiger partial charge in [0.1, 0.15) is 5.82 Å². The van der Waals surface area contributed by atoms with Crippen molar-refractivity contribution in [1.82, 2.24) is 20.2 Å². The molecule has 1 aliphatic heterocycles. The van der Waals surface area contributed by atoms with Crippen molar-refractivity contribution in [3.8, 4) is 0 Å². The van der Waals surface area contributed by atoms with Crippen LogP contribution < -0.4 is 10.9 Å². The number of aromatic amines is 1. The molecule has 2 aromatic rings. The van der Waals surface area contributed by atoms with Crippen molar-refractivity contribution in [2.24, 2.45) is 0 Å². The van der Waals surface area contributed by atoms with Crippen LogP contribution in [0.25, 0.3) is 10.9 Å². The molecule has 1 atom stereocenters. The van der Waals surface area contributed by atoms with Gasteiger partial charge in [-0.1, -0.05) is 12.1 Å². The number of amides is 1. The summed E-state index contributed by atoms with van der Waals surface area (Å²) in [7, 11) is 0. The SMILES string of the molecule is C[C@@H]1CNCCN1C(=O)CCSCc1nc2ccccc2c(=O)[nH]1.Cl. The highest BCUT2D eigenvalue weighted by Gasteiger charge is 2.22. The number of nitrogens with zero attached hydrogens (tertiary/aromatic N) is 2. The summed E-state index contributed by atoms with van der Waals surface area (Å²) in [4.78, 5) is 33.5. The predicted molar refractivity (Wildman–Crippen MR) is 104 cm³/mol. The standard InChI is InChI=1S/C17H22N4O2S.ClH/c1-12-10-18-7-8-21(12)16(22)6-9-24-11-15-19-14-5-3-2-4-13(14)17(23)20-15;/h2-5,12,18H,6-11H2,1H3,(H,19,20,23);1H/t12-;/m1./s1. The van der Waals surface area contributed by atoms with Gasteiger partial charge in [-0.15, -0.1) is 12.4 Å². The molecule has 8 heteroatoms. The van der Waals surface area contributed by atoms with Crippen LogP contribution in [0.1, 0.15) is 19.2 Å². The molecule has 0 spiro atoms. The Bertz CT molecular complexity index is 783. The monoisotopic (exact) mass is 382 g/mol. The van der Waals surface area contributed by atoms with Crippen molar-refractivity contribution in [2.75, 3.05) is 25.4 Å². The number of rotatable bonds is 5. The highest BCUT2D eigenvalue weighted by Crippen LogP contribution is 2.13. The number of carbonyl (C=O) groups is 1. The molecule has 0 unspecified atom stereocenters. The third-order valence-electron chi connectivity index (χ3n) is 4.18. The number of nitrogens with one attached hydrogen (secondary N) is 2. The van der Waals surface area contributed by atoms with E-state index in [0.29, 0.717) is 28.9 Å². The Morgan fingerprint density at radius 1 is 1.40 bits per heavy atom. The average Bonchev–Trinajstić information content (AvgIpc) is 2.59. The summed E-state index contributed by atoms with van der Waals surface area (Å²) in [6.07, 6.45) is 0.521. The fourth-order valence-corrected chi connectivity index (χ4v) is 3.68. The van der Waals surface area contributed by atoms with Crippen LogP contribution in [-0.2, 0) is 10.5 Å². The van der Waals surface area contributed by atoms with E-state index >= 15 is 0 Å². The lowest BCUT2D eigenvalue weighted by Gasteiger charge is -2.34. The molecule has 0 saturated carbocycles. The summed E-state index contributed by atoms with van der Waals surface area (Å²) in [5, 5.41) is 3.89. The zero-order chi connectivity index (χ0) is 16.9. The third-order valence-corrected chi connectivity index (χ3v) is 5.15. The third kappa shape index (κ3) is 4.96. The lowest BCUT2D eigenvalue weighted by molar-refractivity contribution is -0.133. The van der Waals surface area contributed by atoms with Gasteiger partial charge in [0.05, 0.1) is 16.7 Å². The number of carbonyl (C=O) groups excluding carboxylic acids is 1. The highest BCUT2D eigenvalue weighted by atomic mass is 35.5. The lowest BCUT2D eigenvalue weighted by atomic mass is 10.2. The number of fused-ring (bicyclic) bond motifs is 1. The summed E-state index contributed by atoms with van der Waals surface area (Å²) < 4.78 is 0. The van der Waals surface area contributed by atoms with E-state index in [9.17, 15) is 9.59 Å². The largest absolute Gasteiger partial charge is 0.337 e. The Kier molecular flexibility index (Phi) is 7.28. The van der Waals surface area contributed by atoms with Gasteiger partial charge in [0.15, 0.2) is 0 Å². The number of hydrogen-bond donors (Lipinski definition) is 2. The number of benzene rings is 1. The van der Waals surface area contributed by atoms with Crippen molar-refractivity contribution in [3.05, 3.63) is 40.4 Å². The maximum absolute atomic E-state index is 12.3. The summed E-state index contributed by atoms with van der Waals surface area (Å²) in [6.45, 7) is 4.58. The van der Waals surface area contributed by atoms with Crippen LogP contribution >= 0.6 is 24.2 Å². The van der Waals surface area contributed by atoms with Crippen LogP contribution in [-0.4, -0.2) is 52.2 Å². The number of hydrogen-bond acceptors (Lipinski definition) is 5. The Morgan fingerprint density at radius 2 is 2.20 bits per heavy atom. The first kappa shape index (κ1) is 19.8. The predicted octanol–water partition coefficient (Wildman–Crippen LogP) is 1.79. The van der Waals surface area contributed by atoms with Gasteiger partial charge < -0.3 is 15.2 Å². The van der Waals surface area contributed by atoms with Crippen LogP contribution in [0, 0.1) is 0 Å². The lowest BCUT2D eigenvalue weighted by Crippen LogP contribution is -2.52. The molecule has 0 bridgehead atoms. The fraction of sp³-hybridized carbons (Fsp3) is 0.471. The summed E-state index contributed by atoms with van der Waals surface area (Å²) in [5.74, 6) is 2.19. The van der Waals surface area contributed by atoms with E-state index in [4.69, 9.17) is 0 Å². The van der Waals surface area contributed by atoms with Crippen LogP contribution in [0.5, 0.6) is 0 Å². The molecule has 0 aliphatic carbocycles.